The first kappa shape index (κ1) is 21.8. The number of fused-ring (bicyclic) bond motifs is 1. The Kier molecular flexibility index (Phi) is 5.63. The third-order valence-electron chi connectivity index (χ3n) is 5.42. The average molecular weight is 468 g/mol. The van der Waals surface area contributed by atoms with Gasteiger partial charge in [0.2, 0.25) is 11.6 Å². The first-order valence-electron chi connectivity index (χ1n) is 10.6. The predicted octanol–water partition coefficient (Wildman–Crippen LogP) is 3.13. The molecule has 5 aromatic rings. The summed E-state index contributed by atoms with van der Waals surface area (Å²) >= 11 is 0. The van der Waals surface area contributed by atoms with Crippen LogP contribution in [0.15, 0.2) is 70.4 Å². The number of nitrogens with one attached hydrogen (secondary N) is 1. The van der Waals surface area contributed by atoms with E-state index in [0.29, 0.717) is 17.0 Å². The Balaban J connectivity index is 1.51. The topological polar surface area (TPSA) is 146 Å². The maximum atomic E-state index is 13.1. The Morgan fingerprint density at radius 2 is 1.91 bits per heavy atom. The number of hydrazone groups is 1. The fraction of sp³-hybridized carbons (Fsp3) is 0.0833. The maximum absolute atomic E-state index is 13.1. The summed E-state index contributed by atoms with van der Waals surface area (Å²) < 4.78 is 11.5. The van der Waals surface area contributed by atoms with Crippen molar-refractivity contribution < 1.29 is 14.2 Å². The summed E-state index contributed by atoms with van der Waals surface area (Å²) in [4.78, 5) is 13.1. The zero-order chi connectivity index (χ0) is 24.4. The molecule has 0 fully saturated rings. The fourth-order valence-corrected chi connectivity index (χ4v) is 3.69. The molecular weight excluding hydrogens is 448 g/mol. The number of hydrogen-bond acceptors (Lipinski definition) is 9. The number of aryl methyl sites for hydroxylation is 1. The molecule has 0 spiro atoms. The van der Waals surface area contributed by atoms with Crippen LogP contribution in [0.4, 0.5) is 5.82 Å². The van der Waals surface area contributed by atoms with Gasteiger partial charge in [0.25, 0.3) is 5.91 Å². The van der Waals surface area contributed by atoms with Crippen molar-refractivity contribution in [2.75, 3.05) is 12.8 Å². The van der Waals surface area contributed by atoms with E-state index in [0.717, 1.165) is 21.9 Å². The average Bonchev–Trinajstić information content (AvgIpc) is 3.50. The van der Waals surface area contributed by atoms with Gasteiger partial charge in [0.05, 0.1) is 13.3 Å². The second-order valence-corrected chi connectivity index (χ2v) is 7.64. The first-order valence-corrected chi connectivity index (χ1v) is 10.6. The first-order chi connectivity index (χ1) is 17.1. The number of anilines is 1. The molecule has 11 nitrogen and oxygen atoms in total. The lowest BCUT2D eigenvalue weighted by Gasteiger charge is -2.08. The second-order valence-electron chi connectivity index (χ2n) is 7.64. The van der Waals surface area contributed by atoms with Gasteiger partial charge in [-0.15, -0.1) is 5.10 Å². The molecule has 3 aromatic carbocycles. The number of aromatic nitrogens is 5. The molecular formula is C24H20N8O3. The molecule has 35 heavy (non-hydrogen) atoms. The Morgan fingerprint density at radius 3 is 2.66 bits per heavy atom. The quantitative estimate of drug-likeness (QED) is 0.285. The number of carbonyl (C=O) groups excluding carboxylic acids is 1. The summed E-state index contributed by atoms with van der Waals surface area (Å²) in [6.07, 6.45) is 1.54. The number of benzene rings is 3. The van der Waals surface area contributed by atoms with Crippen molar-refractivity contribution in [1.82, 2.24) is 30.7 Å². The van der Waals surface area contributed by atoms with Crippen LogP contribution in [0.2, 0.25) is 0 Å². The van der Waals surface area contributed by atoms with Gasteiger partial charge in [0.15, 0.2) is 5.69 Å². The zero-order valence-corrected chi connectivity index (χ0v) is 18.8. The molecule has 0 aliphatic heterocycles. The highest BCUT2D eigenvalue weighted by Gasteiger charge is 2.25. The van der Waals surface area contributed by atoms with E-state index in [1.165, 1.54) is 10.9 Å². The molecule has 0 saturated heterocycles. The van der Waals surface area contributed by atoms with E-state index in [-0.39, 0.29) is 17.3 Å². The van der Waals surface area contributed by atoms with E-state index in [4.69, 9.17) is 15.1 Å². The summed E-state index contributed by atoms with van der Waals surface area (Å²) in [5.74, 6) is 0.187. The lowest BCUT2D eigenvalue weighted by Crippen LogP contribution is -2.19. The number of amides is 1. The fourth-order valence-electron chi connectivity index (χ4n) is 3.69. The highest BCUT2D eigenvalue weighted by molar-refractivity contribution is 6.03. The number of methoxy groups -OCH3 is 1. The normalized spacial score (nSPS) is 11.3. The van der Waals surface area contributed by atoms with Gasteiger partial charge >= 0.3 is 0 Å². The van der Waals surface area contributed by atoms with Crippen molar-refractivity contribution >= 4 is 28.7 Å². The third kappa shape index (κ3) is 4.06. The van der Waals surface area contributed by atoms with Crippen LogP contribution in [-0.2, 0) is 0 Å². The summed E-state index contributed by atoms with van der Waals surface area (Å²) in [6.45, 7) is 1.96. The number of ether oxygens (including phenoxy) is 1. The molecule has 5 rings (SSSR count). The summed E-state index contributed by atoms with van der Waals surface area (Å²) in [7, 11) is 1.58. The van der Waals surface area contributed by atoms with Crippen molar-refractivity contribution in [1.29, 1.82) is 0 Å². The highest BCUT2D eigenvalue weighted by atomic mass is 16.6. The van der Waals surface area contributed by atoms with Crippen LogP contribution in [0.25, 0.3) is 27.8 Å². The monoisotopic (exact) mass is 468 g/mol. The number of hydrogen-bond donors (Lipinski definition) is 2. The van der Waals surface area contributed by atoms with Crippen molar-refractivity contribution in [2.24, 2.45) is 5.10 Å². The van der Waals surface area contributed by atoms with E-state index in [1.807, 2.05) is 67.6 Å². The Labute approximate surface area is 199 Å². The smallest absolute Gasteiger partial charge is 0.294 e. The van der Waals surface area contributed by atoms with Gasteiger partial charge in [0.1, 0.15) is 11.4 Å². The van der Waals surface area contributed by atoms with E-state index in [9.17, 15) is 4.79 Å². The molecule has 0 radical (unpaired) electrons. The molecule has 0 saturated carbocycles. The minimum atomic E-state index is -0.572. The predicted molar refractivity (Wildman–Crippen MR) is 129 cm³/mol. The van der Waals surface area contributed by atoms with Crippen molar-refractivity contribution in [3.8, 4) is 22.8 Å². The van der Waals surface area contributed by atoms with Crippen molar-refractivity contribution in [2.45, 2.75) is 6.92 Å². The maximum Gasteiger partial charge on any atom is 0.294 e. The molecule has 0 unspecified atom stereocenters. The molecule has 2 heterocycles. The highest BCUT2D eigenvalue weighted by Crippen LogP contribution is 2.28. The van der Waals surface area contributed by atoms with Gasteiger partial charge in [-0.3, -0.25) is 4.79 Å². The number of nitrogens with two attached hydrogens (primary N) is 1. The van der Waals surface area contributed by atoms with Gasteiger partial charge in [-0.05, 0) is 34.1 Å². The molecule has 1 amide bonds. The van der Waals surface area contributed by atoms with Crippen molar-refractivity contribution in [3.63, 3.8) is 0 Å². The van der Waals surface area contributed by atoms with Crippen LogP contribution < -0.4 is 15.9 Å². The minimum absolute atomic E-state index is 0.0105. The lowest BCUT2D eigenvalue weighted by atomic mass is 10.0. The number of nitrogen functional groups attached to an aromatic ring is 1. The molecule has 0 atom stereocenters. The largest absolute Gasteiger partial charge is 0.496 e. The number of carbonyl (C=O) groups is 1. The zero-order valence-electron chi connectivity index (χ0n) is 18.8. The van der Waals surface area contributed by atoms with Crippen LogP contribution in [0.1, 0.15) is 21.6 Å². The van der Waals surface area contributed by atoms with E-state index >= 15 is 0 Å². The van der Waals surface area contributed by atoms with Gasteiger partial charge < -0.3 is 10.5 Å². The standard InChI is InChI=1S/C24H20N8O3/c1-14-7-9-16(10-8-14)21-20(27-31-32(21)23-22(25)29-35-30-23)24(33)28-26-13-18-17-6-4-3-5-15(17)11-12-19(18)34-2/h3-13H,1-2H3,(H2,25,29)(H,28,33). The molecule has 2 aromatic heterocycles. The molecule has 11 heteroatoms. The number of nitrogens with zero attached hydrogens (tertiary/aromatic N) is 6. The Bertz CT molecular complexity index is 1550. The lowest BCUT2D eigenvalue weighted by molar-refractivity contribution is 0.0950. The van der Waals surface area contributed by atoms with Crippen molar-refractivity contribution in [3.05, 3.63) is 77.5 Å². The van der Waals surface area contributed by atoms with Gasteiger partial charge in [-0.2, -0.15) is 9.78 Å². The van der Waals surface area contributed by atoms with Crippen LogP contribution in [-0.4, -0.2) is 44.5 Å². The van der Waals surface area contributed by atoms with Crippen LogP contribution in [0.5, 0.6) is 5.75 Å². The molecule has 3 N–H and O–H groups in total. The van der Waals surface area contributed by atoms with E-state index < -0.39 is 5.91 Å². The SMILES string of the molecule is COc1ccc2ccccc2c1C=NNC(=O)c1nnn(-c2nonc2N)c1-c1ccc(C)cc1. The molecule has 0 aliphatic carbocycles. The van der Waals surface area contributed by atoms with Gasteiger partial charge in [-0.1, -0.05) is 65.4 Å². The van der Waals surface area contributed by atoms with Crippen LogP contribution in [0.3, 0.4) is 0 Å². The molecule has 174 valence electrons. The molecule has 0 aliphatic rings. The third-order valence-corrected chi connectivity index (χ3v) is 5.42. The molecule has 0 bridgehead atoms. The summed E-state index contributed by atoms with van der Waals surface area (Å²) in [5, 5.41) is 21.6. The van der Waals surface area contributed by atoms with Gasteiger partial charge in [0, 0.05) is 11.1 Å². The van der Waals surface area contributed by atoms with E-state index in [1.54, 1.807) is 7.11 Å². The second kappa shape index (κ2) is 9.06. The summed E-state index contributed by atoms with van der Waals surface area (Å²) in [6, 6.07) is 19.1. The van der Waals surface area contributed by atoms with Crippen LogP contribution >= 0.6 is 0 Å². The summed E-state index contributed by atoms with van der Waals surface area (Å²) in [5.41, 5.74) is 11.2. The Morgan fingerprint density at radius 1 is 1.11 bits per heavy atom. The minimum Gasteiger partial charge on any atom is -0.496 e. The van der Waals surface area contributed by atoms with Crippen LogP contribution in [0, 0.1) is 6.92 Å². The van der Waals surface area contributed by atoms with E-state index in [2.05, 4.69) is 31.2 Å². The number of rotatable bonds is 6. The van der Waals surface area contributed by atoms with Gasteiger partial charge in [-0.25, -0.2) is 10.1 Å². The Hall–Kier alpha value is -5.06.